The van der Waals surface area contributed by atoms with Gasteiger partial charge in [0.05, 0.1) is 5.56 Å². The molecule has 1 aromatic carbocycles. The van der Waals surface area contributed by atoms with Crippen molar-refractivity contribution in [1.82, 2.24) is 4.57 Å². The molecule has 0 fully saturated rings. The van der Waals surface area contributed by atoms with Crippen LogP contribution >= 0.6 is 0 Å². The quantitative estimate of drug-likeness (QED) is 0.851. The number of aromatic nitrogens is 1. The van der Waals surface area contributed by atoms with Crippen molar-refractivity contribution < 1.29 is 31.9 Å². The number of fused-ring (bicyclic) bond motifs is 1. The van der Waals surface area contributed by atoms with Crippen LogP contribution in [0.3, 0.4) is 0 Å². The first-order valence-electron chi connectivity index (χ1n) is 4.82. The van der Waals surface area contributed by atoms with E-state index < -0.39 is 46.9 Å². The molecule has 9 heteroatoms. The van der Waals surface area contributed by atoms with Crippen LogP contribution in [0.5, 0.6) is 0 Å². The van der Waals surface area contributed by atoms with E-state index >= 15 is 0 Å². The summed E-state index contributed by atoms with van der Waals surface area (Å²) in [6.45, 7) is -0.996. The van der Waals surface area contributed by atoms with E-state index in [9.17, 15) is 27.2 Å². The lowest BCUT2D eigenvalue weighted by atomic mass is 10.2. The van der Waals surface area contributed by atoms with Gasteiger partial charge in [-0.2, -0.15) is 13.2 Å². The highest BCUT2D eigenvalue weighted by Crippen LogP contribution is 2.34. The fraction of sp³-hybridized carbons (Fsp3) is 0.200. The van der Waals surface area contributed by atoms with Gasteiger partial charge >= 0.3 is 17.9 Å². The number of nitrogens with zero attached hydrogens (tertiary/aromatic N) is 1. The van der Waals surface area contributed by atoms with Crippen molar-refractivity contribution in [3.05, 3.63) is 34.1 Å². The van der Waals surface area contributed by atoms with E-state index in [-0.39, 0.29) is 0 Å². The molecule has 0 aliphatic carbocycles. The van der Waals surface area contributed by atoms with Gasteiger partial charge in [0.15, 0.2) is 11.4 Å². The molecular formula is C10H5F4NO4. The van der Waals surface area contributed by atoms with Gasteiger partial charge in [-0.15, -0.1) is 0 Å². The summed E-state index contributed by atoms with van der Waals surface area (Å²) in [5.74, 6) is -4.49. The highest BCUT2D eigenvalue weighted by atomic mass is 19.4. The molecular weight excluding hydrogens is 274 g/mol. The summed E-state index contributed by atoms with van der Waals surface area (Å²) in [6, 6.07) is 1.19. The van der Waals surface area contributed by atoms with Gasteiger partial charge in [-0.25, -0.2) is 9.18 Å². The SMILES string of the molecule is O=C(O)Cn1c(=O)oc2ccc(C(F)(F)F)c(F)c21. The monoisotopic (exact) mass is 279 g/mol. The second-order valence-corrected chi connectivity index (χ2v) is 3.62. The minimum absolute atomic E-state index is 0.294. The van der Waals surface area contributed by atoms with Gasteiger partial charge in [0.1, 0.15) is 12.1 Å². The maximum Gasteiger partial charge on any atom is 0.420 e. The second-order valence-electron chi connectivity index (χ2n) is 3.62. The number of halogens is 4. The van der Waals surface area contributed by atoms with Crippen LogP contribution in [0.4, 0.5) is 17.6 Å². The fourth-order valence-corrected chi connectivity index (χ4v) is 1.62. The number of hydrogen-bond acceptors (Lipinski definition) is 3. The number of benzene rings is 1. The Balaban J connectivity index is 2.80. The van der Waals surface area contributed by atoms with Crippen molar-refractivity contribution in [1.29, 1.82) is 0 Å². The maximum absolute atomic E-state index is 13.8. The third kappa shape index (κ3) is 2.18. The highest BCUT2D eigenvalue weighted by molar-refractivity contribution is 5.77. The van der Waals surface area contributed by atoms with Crippen molar-refractivity contribution >= 4 is 17.1 Å². The first-order chi connectivity index (χ1) is 8.71. The number of carbonyl (C=O) groups is 1. The van der Waals surface area contributed by atoms with Crippen molar-refractivity contribution in [2.45, 2.75) is 12.7 Å². The molecule has 1 aromatic heterocycles. The Morgan fingerprint density at radius 1 is 1.37 bits per heavy atom. The number of hydrogen-bond donors (Lipinski definition) is 1. The predicted molar refractivity (Wildman–Crippen MR) is 53.1 cm³/mol. The van der Waals surface area contributed by atoms with Crippen LogP contribution in [-0.4, -0.2) is 15.6 Å². The molecule has 2 aromatic rings. The molecule has 2 rings (SSSR count). The molecule has 0 atom stereocenters. The Morgan fingerprint density at radius 3 is 2.53 bits per heavy atom. The van der Waals surface area contributed by atoms with Gasteiger partial charge in [0.2, 0.25) is 0 Å². The number of carboxylic acids is 1. The molecule has 0 unspecified atom stereocenters. The molecule has 1 N–H and O–H groups in total. The Hall–Kier alpha value is -2.32. The van der Waals surface area contributed by atoms with E-state index in [1.807, 2.05) is 0 Å². The zero-order chi connectivity index (χ0) is 14.4. The topological polar surface area (TPSA) is 72.4 Å². The first kappa shape index (κ1) is 13.1. The lowest BCUT2D eigenvalue weighted by Crippen LogP contribution is -2.20. The number of rotatable bonds is 2. The molecule has 102 valence electrons. The van der Waals surface area contributed by atoms with Crippen LogP contribution in [-0.2, 0) is 17.5 Å². The van der Waals surface area contributed by atoms with E-state index in [4.69, 9.17) is 5.11 Å². The molecule has 0 saturated heterocycles. The van der Waals surface area contributed by atoms with Gasteiger partial charge in [0, 0.05) is 0 Å². The largest absolute Gasteiger partial charge is 0.480 e. The lowest BCUT2D eigenvalue weighted by molar-refractivity contribution is -0.139. The van der Waals surface area contributed by atoms with Crippen LogP contribution < -0.4 is 5.76 Å². The average molecular weight is 279 g/mol. The summed E-state index contributed by atoms with van der Waals surface area (Å²) < 4.78 is 56.0. The van der Waals surface area contributed by atoms with Gasteiger partial charge in [-0.05, 0) is 12.1 Å². The molecule has 0 aliphatic heterocycles. The lowest BCUT2D eigenvalue weighted by Gasteiger charge is -2.08. The van der Waals surface area contributed by atoms with Crippen LogP contribution in [0.1, 0.15) is 5.56 Å². The van der Waals surface area contributed by atoms with Crippen LogP contribution in [0.15, 0.2) is 21.3 Å². The van der Waals surface area contributed by atoms with Crippen LogP contribution in [0, 0.1) is 5.82 Å². The molecule has 0 saturated carbocycles. The van der Waals surface area contributed by atoms with E-state index in [0.717, 1.165) is 6.07 Å². The number of aliphatic carboxylic acids is 1. The van der Waals surface area contributed by atoms with E-state index in [1.54, 1.807) is 0 Å². The van der Waals surface area contributed by atoms with E-state index in [1.165, 1.54) is 0 Å². The zero-order valence-corrected chi connectivity index (χ0v) is 8.99. The molecule has 0 bridgehead atoms. The van der Waals surface area contributed by atoms with E-state index in [0.29, 0.717) is 10.6 Å². The minimum Gasteiger partial charge on any atom is -0.480 e. The third-order valence-electron chi connectivity index (χ3n) is 2.37. The van der Waals surface area contributed by atoms with Crippen LogP contribution in [0.2, 0.25) is 0 Å². The van der Waals surface area contributed by atoms with Crippen molar-refractivity contribution in [3.8, 4) is 0 Å². The zero-order valence-electron chi connectivity index (χ0n) is 8.99. The Bertz CT molecular complexity index is 713. The molecule has 0 radical (unpaired) electrons. The summed E-state index contributed by atoms with van der Waals surface area (Å²) >= 11 is 0. The second kappa shape index (κ2) is 4.11. The molecule has 1 heterocycles. The smallest absolute Gasteiger partial charge is 0.420 e. The summed E-state index contributed by atoms with van der Waals surface area (Å²) in [5.41, 5.74) is -2.86. The Morgan fingerprint density at radius 2 is 2.00 bits per heavy atom. The highest BCUT2D eigenvalue weighted by Gasteiger charge is 2.36. The van der Waals surface area contributed by atoms with Gasteiger partial charge in [-0.1, -0.05) is 0 Å². The van der Waals surface area contributed by atoms with Crippen molar-refractivity contribution in [2.75, 3.05) is 0 Å². The first-order valence-corrected chi connectivity index (χ1v) is 4.82. The van der Waals surface area contributed by atoms with Crippen molar-refractivity contribution in [3.63, 3.8) is 0 Å². The number of oxazole rings is 1. The summed E-state index contributed by atoms with van der Waals surface area (Å²) in [4.78, 5) is 21.8. The number of alkyl halides is 3. The Kier molecular flexibility index (Phi) is 2.84. The van der Waals surface area contributed by atoms with Crippen LogP contribution in [0.25, 0.3) is 11.1 Å². The minimum atomic E-state index is -4.96. The fourth-order valence-electron chi connectivity index (χ4n) is 1.62. The number of carboxylic acid groups (broad SMARTS) is 1. The molecule has 5 nitrogen and oxygen atoms in total. The molecule has 0 aliphatic rings. The maximum atomic E-state index is 13.8. The molecule has 0 spiro atoms. The molecule has 0 amide bonds. The van der Waals surface area contributed by atoms with Gasteiger partial charge in [-0.3, -0.25) is 9.36 Å². The third-order valence-corrected chi connectivity index (χ3v) is 2.37. The standard InChI is InChI=1S/C10H5F4NO4/c11-7-4(10(12,13)14)1-2-5-8(7)15(3-6(16)17)9(18)19-5/h1-2H,3H2,(H,16,17). The van der Waals surface area contributed by atoms with Gasteiger partial charge in [0.25, 0.3) is 0 Å². The summed E-state index contributed by atoms with van der Waals surface area (Å²) in [6.07, 6.45) is -4.96. The van der Waals surface area contributed by atoms with Crippen molar-refractivity contribution in [2.24, 2.45) is 0 Å². The normalized spacial score (nSPS) is 12.0. The van der Waals surface area contributed by atoms with Gasteiger partial charge < -0.3 is 9.52 Å². The van der Waals surface area contributed by atoms with E-state index in [2.05, 4.69) is 4.42 Å². The summed E-state index contributed by atoms with van der Waals surface area (Å²) in [5, 5.41) is 8.54. The molecule has 19 heavy (non-hydrogen) atoms. The average Bonchev–Trinajstić information content (AvgIpc) is 2.54. The summed E-state index contributed by atoms with van der Waals surface area (Å²) in [7, 11) is 0. The Labute approximate surface area is 101 Å². The predicted octanol–water partition coefficient (Wildman–Crippen LogP) is 1.84.